The van der Waals surface area contributed by atoms with Crippen molar-refractivity contribution in [3.8, 4) is 0 Å². The number of nitrogens with one attached hydrogen (secondary N) is 2. The molecule has 3 aromatic rings. The number of alkyl halides is 3. The molecule has 3 aromatic carbocycles. The van der Waals surface area contributed by atoms with Crippen molar-refractivity contribution in [1.82, 2.24) is 0 Å². The number of aldehydes is 1. The first-order valence-electron chi connectivity index (χ1n) is 8.94. The minimum atomic E-state index is -4.64. The molecule has 1 heterocycles. The van der Waals surface area contributed by atoms with Crippen LogP contribution in [0.25, 0.3) is 10.8 Å². The average molecular weight is 400 g/mol. The van der Waals surface area contributed by atoms with Gasteiger partial charge in [-0.05, 0) is 28.6 Å². The predicted molar refractivity (Wildman–Crippen MR) is 107 cm³/mol. The topological polar surface area (TPSA) is 58.2 Å². The summed E-state index contributed by atoms with van der Waals surface area (Å²) in [5.74, 6) is 0.172. The van der Waals surface area contributed by atoms with Gasteiger partial charge in [0.05, 0.1) is 5.69 Å². The highest BCUT2D eigenvalue weighted by Crippen LogP contribution is 2.41. The molecule has 1 aliphatic heterocycles. The van der Waals surface area contributed by atoms with Gasteiger partial charge >= 0.3 is 6.18 Å². The van der Waals surface area contributed by atoms with Crippen molar-refractivity contribution >= 4 is 34.3 Å². The fraction of sp³-hybridized carbons (Fsp3) is 0.182. The van der Waals surface area contributed by atoms with Gasteiger partial charge in [-0.15, -0.1) is 0 Å². The maximum absolute atomic E-state index is 12.3. The molecule has 1 aliphatic rings. The summed E-state index contributed by atoms with van der Waals surface area (Å²) in [6.07, 6.45) is -5.22. The van der Waals surface area contributed by atoms with Gasteiger partial charge in [-0.3, -0.25) is 9.59 Å². The first kappa shape index (κ1) is 20.4. The Morgan fingerprint density at radius 2 is 1.79 bits per heavy atom. The van der Waals surface area contributed by atoms with Crippen molar-refractivity contribution in [3.63, 3.8) is 0 Å². The summed E-state index contributed by atoms with van der Waals surface area (Å²) < 4.78 is 31.2. The van der Waals surface area contributed by atoms with Gasteiger partial charge in [0, 0.05) is 30.5 Å². The lowest BCUT2D eigenvalue weighted by atomic mass is 9.83. The molecule has 0 saturated carbocycles. The highest BCUT2D eigenvalue weighted by atomic mass is 19.4. The third kappa shape index (κ3) is 4.74. The van der Waals surface area contributed by atoms with Crippen molar-refractivity contribution in [3.05, 3.63) is 71.8 Å². The van der Waals surface area contributed by atoms with E-state index in [1.807, 2.05) is 31.3 Å². The van der Waals surface area contributed by atoms with E-state index in [4.69, 9.17) is 4.79 Å². The number of hydrogen-bond acceptors (Lipinski definition) is 3. The zero-order valence-electron chi connectivity index (χ0n) is 15.6. The van der Waals surface area contributed by atoms with Crippen LogP contribution in [-0.2, 0) is 9.59 Å². The van der Waals surface area contributed by atoms with Gasteiger partial charge in [0.25, 0.3) is 0 Å². The lowest BCUT2D eigenvalue weighted by Crippen LogP contribution is -2.23. The second-order valence-corrected chi connectivity index (χ2v) is 6.59. The number of fused-ring (bicyclic) bond motifs is 3. The summed E-state index contributed by atoms with van der Waals surface area (Å²) in [5, 5.41) is 8.50. The van der Waals surface area contributed by atoms with Crippen LogP contribution in [-0.4, -0.2) is 25.4 Å². The fourth-order valence-electron chi connectivity index (χ4n) is 3.41. The molecule has 0 spiro atoms. The Hall–Kier alpha value is -3.35. The van der Waals surface area contributed by atoms with Crippen LogP contribution in [0.15, 0.2) is 60.7 Å². The number of carbonyl (C=O) groups excluding carboxylic acids is 2. The molecule has 1 atom stereocenters. The van der Waals surface area contributed by atoms with Gasteiger partial charge in [-0.1, -0.05) is 48.5 Å². The molecule has 0 fully saturated rings. The quantitative estimate of drug-likeness (QED) is 0.588. The van der Waals surface area contributed by atoms with E-state index in [1.165, 1.54) is 11.1 Å². The fourth-order valence-corrected chi connectivity index (χ4v) is 3.41. The van der Waals surface area contributed by atoms with Crippen LogP contribution >= 0.6 is 0 Å². The SMILES string of the molecule is CNc1cccc(C2CC(=O)Nc3c2ccc2ccccc32)c1.O=CC(F)(F)F. The van der Waals surface area contributed by atoms with Gasteiger partial charge in [0.15, 0.2) is 0 Å². The van der Waals surface area contributed by atoms with Gasteiger partial charge in [-0.2, -0.15) is 13.2 Å². The van der Waals surface area contributed by atoms with Crippen LogP contribution in [0.1, 0.15) is 23.5 Å². The van der Waals surface area contributed by atoms with E-state index >= 15 is 0 Å². The summed E-state index contributed by atoms with van der Waals surface area (Å²) in [7, 11) is 1.91. The number of anilines is 2. The third-order valence-corrected chi connectivity index (χ3v) is 4.70. The first-order valence-corrected chi connectivity index (χ1v) is 8.94. The van der Waals surface area contributed by atoms with Crippen LogP contribution in [0, 0.1) is 0 Å². The van der Waals surface area contributed by atoms with Gasteiger partial charge in [0.1, 0.15) is 0 Å². The molecule has 1 unspecified atom stereocenters. The number of amides is 1. The summed E-state index contributed by atoms with van der Waals surface area (Å²) in [5.41, 5.74) is 4.38. The number of carbonyl (C=O) groups is 2. The summed E-state index contributed by atoms with van der Waals surface area (Å²) in [4.78, 5) is 21.0. The molecular formula is C22H19F3N2O2. The Labute approximate surface area is 165 Å². The predicted octanol–water partition coefficient (Wildman–Crippen LogP) is 5.10. The van der Waals surface area contributed by atoms with Crippen molar-refractivity contribution in [1.29, 1.82) is 0 Å². The maximum atomic E-state index is 12.3. The number of hydrogen-bond donors (Lipinski definition) is 2. The first-order chi connectivity index (χ1) is 13.8. The minimum Gasteiger partial charge on any atom is -0.388 e. The maximum Gasteiger partial charge on any atom is 0.446 e. The molecule has 0 aromatic heterocycles. The molecule has 1 amide bonds. The van der Waals surface area contributed by atoms with Gasteiger partial charge in [-0.25, -0.2) is 0 Å². The Kier molecular flexibility index (Phi) is 5.87. The zero-order chi connectivity index (χ0) is 21.0. The highest BCUT2D eigenvalue weighted by molar-refractivity contribution is 6.06. The smallest absolute Gasteiger partial charge is 0.388 e. The van der Waals surface area contributed by atoms with Crippen LogP contribution in [0.3, 0.4) is 0 Å². The van der Waals surface area contributed by atoms with Crippen LogP contribution in [0.4, 0.5) is 24.5 Å². The zero-order valence-corrected chi connectivity index (χ0v) is 15.6. The molecule has 0 radical (unpaired) electrons. The minimum absolute atomic E-state index is 0.0775. The number of halogens is 3. The molecule has 4 rings (SSSR count). The lowest BCUT2D eigenvalue weighted by molar-refractivity contribution is -0.156. The average Bonchev–Trinajstić information content (AvgIpc) is 2.73. The van der Waals surface area contributed by atoms with Crippen molar-refractivity contribution < 1.29 is 22.8 Å². The van der Waals surface area contributed by atoms with E-state index in [1.54, 1.807) is 0 Å². The van der Waals surface area contributed by atoms with Crippen LogP contribution < -0.4 is 10.6 Å². The molecule has 0 aliphatic carbocycles. The number of rotatable bonds is 2. The second-order valence-electron chi connectivity index (χ2n) is 6.59. The van der Waals surface area contributed by atoms with E-state index in [0.717, 1.165) is 22.1 Å². The van der Waals surface area contributed by atoms with Gasteiger partial charge < -0.3 is 10.6 Å². The molecule has 4 nitrogen and oxygen atoms in total. The molecule has 0 saturated heterocycles. The van der Waals surface area contributed by atoms with Crippen LogP contribution in [0.2, 0.25) is 0 Å². The molecule has 0 bridgehead atoms. The lowest BCUT2D eigenvalue weighted by Gasteiger charge is -2.27. The highest BCUT2D eigenvalue weighted by Gasteiger charge is 2.27. The Balaban J connectivity index is 0.000000353. The van der Waals surface area contributed by atoms with E-state index in [-0.39, 0.29) is 11.8 Å². The molecule has 150 valence electrons. The van der Waals surface area contributed by atoms with Gasteiger partial charge in [0.2, 0.25) is 12.2 Å². The monoisotopic (exact) mass is 400 g/mol. The summed E-state index contributed by atoms with van der Waals surface area (Å²) in [6.45, 7) is 0. The molecule has 7 heteroatoms. The number of benzene rings is 3. The van der Waals surface area contributed by atoms with E-state index in [2.05, 4.69) is 47.0 Å². The Bertz CT molecular complexity index is 1050. The molecule has 29 heavy (non-hydrogen) atoms. The Morgan fingerprint density at radius 3 is 2.48 bits per heavy atom. The molecule has 2 N–H and O–H groups in total. The van der Waals surface area contributed by atoms with E-state index < -0.39 is 12.5 Å². The second kappa shape index (κ2) is 8.34. The third-order valence-electron chi connectivity index (χ3n) is 4.70. The van der Waals surface area contributed by atoms with Crippen molar-refractivity contribution in [2.24, 2.45) is 0 Å². The summed E-state index contributed by atoms with van der Waals surface area (Å²) in [6, 6.07) is 20.8. The van der Waals surface area contributed by atoms with E-state index in [9.17, 15) is 18.0 Å². The van der Waals surface area contributed by atoms with E-state index in [0.29, 0.717) is 6.42 Å². The van der Waals surface area contributed by atoms with Crippen LogP contribution in [0.5, 0.6) is 0 Å². The molecular weight excluding hydrogens is 381 g/mol. The summed E-state index contributed by atoms with van der Waals surface area (Å²) >= 11 is 0. The standard InChI is InChI=1S/C20H18N2O.C2HF3O/c1-21-15-7-4-6-14(11-15)18-12-19(23)22-20-16-8-3-2-5-13(16)9-10-17(18)20;3-2(4,5)1-6/h2-11,18,21H,12H2,1H3,(H,22,23);1H. The Morgan fingerprint density at radius 1 is 1.07 bits per heavy atom. The largest absolute Gasteiger partial charge is 0.446 e. The van der Waals surface area contributed by atoms with Crippen molar-refractivity contribution in [2.75, 3.05) is 17.7 Å². The normalized spacial score (nSPS) is 15.6. The van der Waals surface area contributed by atoms with Crippen molar-refractivity contribution in [2.45, 2.75) is 18.5 Å².